The van der Waals surface area contributed by atoms with Gasteiger partial charge < -0.3 is 10.3 Å². The summed E-state index contributed by atoms with van der Waals surface area (Å²) in [6.07, 6.45) is 2.92. The highest BCUT2D eigenvalue weighted by Crippen LogP contribution is 2.11. The second-order valence-corrected chi connectivity index (χ2v) is 6.35. The van der Waals surface area contributed by atoms with E-state index >= 15 is 0 Å². The molecule has 1 amide bonds. The van der Waals surface area contributed by atoms with Gasteiger partial charge in [0.1, 0.15) is 12.4 Å². The highest BCUT2D eigenvalue weighted by atomic mass is 16.2. The Balaban J connectivity index is 1.31. The summed E-state index contributed by atoms with van der Waals surface area (Å²) >= 11 is 0. The van der Waals surface area contributed by atoms with Crippen molar-refractivity contribution in [3.8, 4) is 0 Å². The summed E-state index contributed by atoms with van der Waals surface area (Å²) in [7, 11) is 0. The number of rotatable bonds is 6. The molecule has 0 radical (unpaired) electrons. The number of hydrogen-bond acceptors (Lipinski definition) is 4. The topological polar surface area (TPSA) is 92.7 Å². The normalized spacial score (nSPS) is 11.1. The molecule has 0 aliphatic rings. The number of hydrogen-bond donors (Lipinski definition) is 2. The van der Waals surface area contributed by atoms with Crippen LogP contribution in [0.25, 0.3) is 21.9 Å². The number of nitrogens with zero attached hydrogens (tertiary/aromatic N) is 3. The molecule has 4 aromatic rings. The third-order valence-electron chi connectivity index (χ3n) is 4.40. The number of aromatic nitrogens is 4. The van der Waals surface area contributed by atoms with Gasteiger partial charge >= 0.3 is 0 Å². The number of aryl methyl sites for hydroxylation is 1. The Morgan fingerprint density at radius 1 is 1.07 bits per heavy atom. The third-order valence-corrected chi connectivity index (χ3v) is 4.40. The van der Waals surface area contributed by atoms with Crippen molar-refractivity contribution in [2.45, 2.75) is 19.4 Å². The van der Waals surface area contributed by atoms with Gasteiger partial charge in [-0.15, -0.1) is 0 Å². The second kappa shape index (κ2) is 7.41. The molecule has 0 saturated heterocycles. The highest BCUT2D eigenvalue weighted by molar-refractivity contribution is 5.79. The standard InChI is InChI=1S/C20H19N5O2/c26-19(12-25-13-22-15-7-2-1-6-14(15)20(25)27)21-11-5-10-18-23-16-8-3-4-9-17(16)24-18/h1-4,6-9,13H,5,10-12H2,(H,21,26)(H,23,24). The summed E-state index contributed by atoms with van der Waals surface area (Å²) in [5, 5.41) is 3.35. The van der Waals surface area contributed by atoms with E-state index in [-0.39, 0.29) is 18.0 Å². The maximum absolute atomic E-state index is 12.4. The zero-order valence-corrected chi connectivity index (χ0v) is 14.7. The van der Waals surface area contributed by atoms with Crippen LogP contribution in [0.15, 0.2) is 59.7 Å². The molecule has 7 nitrogen and oxygen atoms in total. The van der Waals surface area contributed by atoms with Crippen LogP contribution in [-0.4, -0.2) is 32.0 Å². The number of H-pyrrole nitrogens is 1. The molecule has 0 fully saturated rings. The van der Waals surface area contributed by atoms with E-state index in [1.54, 1.807) is 18.2 Å². The van der Waals surface area contributed by atoms with Crippen molar-refractivity contribution >= 4 is 27.8 Å². The molecule has 2 aromatic heterocycles. The van der Waals surface area contributed by atoms with Crippen molar-refractivity contribution < 1.29 is 4.79 Å². The van der Waals surface area contributed by atoms with Crippen LogP contribution >= 0.6 is 0 Å². The van der Waals surface area contributed by atoms with Crippen LogP contribution in [-0.2, 0) is 17.8 Å². The summed E-state index contributed by atoms with van der Waals surface area (Å²) in [6, 6.07) is 15.0. The summed E-state index contributed by atoms with van der Waals surface area (Å²) in [5.74, 6) is 0.694. The zero-order chi connectivity index (χ0) is 18.6. The summed E-state index contributed by atoms with van der Waals surface area (Å²) in [5.41, 5.74) is 2.38. The van der Waals surface area contributed by atoms with Crippen molar-refractivity contribution in [2.75, 3.05) is 6.54 Å². The van der Waals surface area contributed by atoms with Crippen molar-refractivity contribution in [3.63, 3.8) is 0 Å². The second-order valence-electron chi connectivity index (χ2n) is 6.35. The Hall–Kier alpha value is -3.48. The number of para-hydroxylation sites is 3. The molecule has 0 spiro atoms. The average molecular weight is 361 g/mol. The Kier molecular flexibility index (Phi) is 4.65. The predicted molar refractivity (Wildman–Crippen MR) is 103 cm³/mol. The maximum Gasteiger partial charge on any atom is 0.261 e. The number of imidazole rings is 1. The Morgan fingerprint density at radius 2 is 1.85 bits per heavy atom. The van der Waals surface area contributed by atoms with Gasteiger partial charge in [-0.25, -0.2) is 9.97 Å². The summed E-state index contributed by atoms with van der Waals surface area (Å²) in [4.78, 5) is 36.5. The monoisotopic (exact) mass is 361 g/mol. The molecule has 0 bridgehead atoms. The highest BCUT2D eigenvalue weighted by Gasteiger charge is 2.08. The van der Waals surface area contributed by atoms with Gasteiger partial charge in [0.05, 0.1) is 28.3 Å². The molecule has 0 saturated carbocycles. The van der Waals surface area contributed by atoms with Crippen LogP contribution in [0.3, 0.4) is 0 Å². The van der Waals surface area contributed by atoms with Crippen molar-refractivity contribution in [3.05, 3.63) is 71.0 Å². The van der Waals surface area contributed by atoms with Gasteiger partial charge in [-0.2, -0.15) is 0 Å². The van der Waals surface area contributed by atoms with Crippen LogP contribution in [0.5, 0.6) is 0 Å². The fraction of sp³-hybridized carbons (Fsp3) is 0.200. The lowest BCUT2D eigenvalue weighted by atomic mass is 10.2. The van der Waals surface area contributed by atoms with E-state index in [0.717, 1.165) is 29.7 Å². The van der Waals surface area contributed by atoms with Gasteiger partial charge in [-0.1, -0.05) is 24.3 Å². The van der Waals surface area contributed by atoms with E-state index in [1.165, 1.54) is 10.9 Å². The number of carbonyl (C=O) groups excluding carboxylic acids is 1. The zero-order valence-electron chi connectivity index (χ0n) is 14.7. The number of fused-ring (bicyclic) bond motifs is 2. The fourth-order valence-corrected chi connectivity index (χ4v) is 3.04. The average Bonchev–Trinajstić information content (AvgIpc) is 3.10. The summed E-state index contributed by atoms with van der Waals surface area (Å²) < 4.78 is 1.33. The molecule has 0 aliphatic heterocycles. The molecule has 2 heterocycles. The number of nitrogens with one attached hydrogen (secondary N) is 2. The Labute approximate surface area is 155 Å². The third kappa shape index (κ3) is 3.72. The molecular weight excluding hydrogens is 342 g/mol. The van der Waals surface area contributed by atoms with Crippen molar-refractivity contribution in [2.24, 2.45) is 0 Å². The largest absolute Gasteiger partial charge is 0.355 e. The minimum atomic E-state index is -0.210. The van der Waals surface area contributed by atoms with Crippen LogP contribution in [0.2, 0.25) is 0 Å². The lowest BCUT2D eigenvalue weighted by Gasteiger charge is -2.07. The molecule has 7 heteroatoms. The number of aromatic amines is 1. The smallest absolute Gasteiger partial charge is 0.261 e. The first-order valence-electron chi connectivity index (χ1n) is 8.85. The van der Waals surface area contributed by atoms with Crippen LogP contribution in [0.1, 0.15) is 12.2 Å². The van der Waals surface area contributed by atoms with E-state index in [2.05, 4.69) is 20.3 Å². The van der Waals surface area contributed by atoms with E-state index in [4.69, 9.17) is 0 Å². The van der Waals surface area contributed by atoms with Crippen LogP contribution in [0.4, 0.5) is 0 Å². The van der Waals surface area contributed by atoms with E-state index in [0.29, 0.717) is 17.4 Å². The van der Waals surface area contributed by atoms with E-state index in [1.807, 2.05) is 30.3 Å². The lowest BCUT2D eigenvalue weighted by molar-refractivity contribution is -0.121. The van der Waals surface area contributed by atoms with Gasteiger partial charge in [-0.3, -0.25) is 14.2 Å². The predicted octanol–water partition coefficient (Wildman–Crippen LogP) is 2.02. The number of carbonyl (C=O) groups is 1. The molecule has 136 valence electrons. The van der Waals surface area contributed by atoms with Gasteiger partial charge in [0.25, 0.3) is 5.56 Å². The van der Waals surface area contributed by atoms with Crippen LogP contribution in [0, 0.1) is 0 Å². The minimum Gasteiger partial charge on any atom is -0.355 e. The first-order chi connectivity index (χ1) is 13.2. The Morgan fingerprint density at radius 3 is 2.70 bits per heavy atom. The molecule has 2 aromatic carbocycles. The quantitative estimate of drug-likeness (QED) is 0.514. The van der Waals surface area contributed by atoms with Gasteiger partial charge in [0, 0.05) is 13.0 Å². The summed E-state index contributed by atoms with van der Waals surface area (Å²) in [6.45, 7) is 0.479. The molecule has 27 heavy (non-hydrogen) atoms. The minimum absolute atomic E-state index is 0.0404. The molecule has 0 aliphatic carbocycles. The van der Waals surface area contributed by atoms with Gasteiger partial charge in [0.15, 0.2) is 0 Å². The molecule has 4 rings (SSSR count). The first-order valence-corrected chi connectivity index (χ1v) is 8.85. The molecule has 0 unspecified atom stereocenters. The first kappa shape index (κ1) is 17.0. The van der Waals surface area contributed by atoms with Crippen molar-refractivity contribution in [1.82, 2.24) is 24.8 Å². The van der Waals surface area contributed by atoms with Gasteiger partial charge in [-0.05, 0) is 30.7 Å². The van der Waals surface area contributed by atoms with E-state index < -0.39 is 0 Å². The van der Waals surface area contributed by atoms with E-state index in [9.17, 15) is 9.59 Å². The Bertz CT molecular complexity index is 1130. The molecular formula is C20H19N5O2. The number of benzene rings is 2. The molecule has 2 N–H and O–H groups in total. The maximum atomic E-state index is 12.4. The molecule has 0 atom stereocenters. The fourth-order valence-electron chi connectivity index (χ4n) is 3.04. The van der Waals surface area contributed by atoms with Crippen LogP contribution < -0.4 is 10.9 Å². The lowest BCUT2D eigenvalue weighted by Crippen LogP contribution is -2.33. The SMILES string of the molecule is O=C(Cn1cnc2ccccc2c1=O)NCCCc1nc2ccccc2[nH]1. The van der Waals surface area contributed by atoms with Gasteiger partial charge in [0.2, 0.25) is 5.91 Å². The number of amides is 1. The van der Waals surface area contributed by atoms with Crippen molar-refractivity contribution in [1.29, 1.82) is 0 Å².